The van der Waals surface area contributed by atoms with Crippen molar-refractivity contribution >= 4 is 5.91 Å². The minimum atomic E-state index is -0.0102. The lowest BCUT2D eigenvalue weighted by molar-refractivity contribution is -0.120. The minimum absolute atomic E-state index is 0.0102. The maximum Gasteiger partial charge on any atom is 0.224 e. The quantitative estimate of drug-likeness (QED) is 0.822. The second kappa shape index (κ2) is 6.58. The molecule has 5 heteroatoms. The number of rotatable bonds is 6. The van der Waals surface area contributed by atoms with E-state index >= 15 is 0 Å². The van der Waals surface area contributed by atoms with Crippen LogP contribution in [0.5, 0.6) is 5.75 Å². The van der Waals surface area contributed by atoms with Crippen molar-refractivity contribution in [3.8, 4) is 5.75 Å². The summed E-state index contributed by atoms with van der Waals surface area (Å²) in [5.41, 5.74) is 1.90. The van der Waals surface area contributed by atoms with Crippen LogP contribution in [0.25, 0.3) is 0 Å². The van der Waals surface area contributed by atoms with E-state index in [1.165, 1.54) is 0 Å². The number of hydrogen-bond donors (Lipinski definition) is 2. The van der Waals surface area contributed by atoms with E-state index in [2.05, 4.69) is 15.5 Å². The van der Waals surface area contributed by atoms with E-state index in [1.54, 1.807) is 13.3 Å². The lowest BCUT2D eigenvalue weighted by Gasteiger charge is -2.08. The molecule has 19 heavy (non-hydrogen) atoms. The third-order valence-corrected chi connectivity index (χ3v) is 2.82. The molecule has 1 amide bonds. The molecular weight excluding hydrogens is 242 g/mol. The van der Waals surface area contributed by atoms with Gasteiger partial charge >= 0.3 is 0 Å². The largest absolute Gasteiger partial charge is 0.496 e. The van der Waals surface area contributed by atoms with Gasteiger partial charge in [0.1, 0.15) is 5.75 Å². The number of ether oxygens (including phenoxy) is 1. The fraction of sp³-hybridized carbons (Fsp3) is 0.286. The first-order valence-electron chi connectivity index (χ1n) is 6.16. The monoisotopic (exact) mass is 259 g/mol. The van der Waals surface area contributed by atoms with Crippen molar-refractivity contribution in [1.82, 2.24) is 15.5 Å². The molecule has 100 valence electrons. The van der Waals surface area contributed by atoms with Crippen molar-refractivity contribution in [1.29, 1.82) is 0 Å². The van der Waals surface area contributed by atoms with Crippen LogP contribution >= 0.6 is 0 Å². The Morgan fingerprint density at radius 3 is 2.95 bits per heavy atom. The summed E-state index contributed by atoms with van der Waals surface area (Å²) in [6.07, 6.45) is 2.77. The second-order valence-electron chi connectivity index (χ2n) is 4.17. The van der Waals surface area contributed by atoms with Crippen molar-refractivity contribution in [2.45, 2.75) is 12.8 Å². The number of carbonyl (C=O) groups excluding carboxylic acids is 1. The predicted octanol–water partition coefficient (Wildman–Crippen LogP) is 1.32. The topological polar surface area (TPSA) is 67.0 Å². The van der Waals surface area contributed by atoms with Crippen LogP contribution in [0.1, 0.15) is 11.3 Å². The van der Waals surface area contributed by atoms with Crippen molar-refractivity contribution < 1.29 is 9.53 Å². The number of H-pyrrole nitrogens is 1. The minimum Gasteiger partial charge on any atom is -0.496 e. The number of methoxy groups -OCH3 is 1. The zero-order chi connectivity index (χ0) is 13.5. The molecule has 0 spiro atoms. The predicted molar refractivity (Wildman–Crippen MR) is 72.0 cm³/mol. The highest BCUT2D eigenvalue weighted by Gasteiger charge is 2.07. The van der Waals surface area contributed by atoms with Crippen LogP contribution in [0, 0.1) is 0 Å². The highest BCUT2D eigenvalue weighted by molar-refractivity contribution is 5.79. The van der Waals surface area contributed by atoms with Gasteiger partial charge in [-0.1, -0.05) is 18.2 Å². The summed E-state index contributed by atoms with van der Waals surface area (Å²) >= 11 is 0. The number of amides is 1. The van der Waals surface area contributed by atoms with E-state index in [9.17, 15) is 4.79 Å². The Morgan fingerprint density at radius 1 is 1.37 bits per heavy atom. The molecule has 1 heterocycles. The van der Waals surface area contributed by atoms with E-state index in [-0.39, 0.29) is 5.91 Å². The summed E-state index contributed by atoms with van der Waals surface area (Å²) in [4.78, 5) is 11.8. The van der Waals surface area contributed by atoms with Crippen molar-refractivity contribution in [2.24, 2.45) is 0 Å². The molecule has 0 aliphatic carbocycles. The molecule has 0 aliphatic rings. The Morgan fingerprint density at radius 2 is 2.21 bits per heavy atom. The number of hydrogen-bond acceptors (Lipinski definition) is 3. The van der Waals surface area contributed by atoms with Gasteiger partial charge in [0, 0.05) is 30.4 Å². The molecule has 0 aliphatic heterocycles. The molecule has 1 aromatic carbocycles. The van der Waals surface area contributed by atoms with Gasteiger partial charge in [0.2, 0.25) is 5.91 Å². The third-order valence-electron chi connectivity index (χ3n) is 2.82. The average Bonchev–Trinajstić information content (AvgIpc) is 2.92. The van der Waals surface area contributed by atoms with Crippen LogP contribution in [-0.2, 0) is 17.6 Å². The summed E-state index contributed by atoms with van der Waals surface area (Å²) in [7, 11) is 1.61. The third kappa shape index (κ3) is 3.84. The molecule has 2 aromatic rings. The Balaban J connectivity index is 1.80. The zero-order valence-electron chi connectivity index (χ0n) is 10.8. The van der Waals surface area contributed by atoms with Crippen LogP contribution in [0.3, 0.4) is 0 Å². The van der Waals surface area contributed by atoms with Crippen molar-refractivity contribution in [2.75, 3.05) is 13.7 Å². The van der Waals surface area contributed by atoms with Gasteiger partial charge in [-0.15, -0.1) is 0 Å². The standard InChI is InChI=1S/C14H17N3O2/c1-19-13-5-3-2-4-11(13)10-14(18)15-8-6-12-7-9-16-17-12/h2-5,7,9H,6,8,10H2,1H3,(H,15,18)(H,16,17). The summed E-state index contributed by atoms with van der Waals surface area (Å²) < 4.78 is 5.22. The normalized spacial score (nSPS) is 10.2. The molecule has 0 unspecified atom stereocenters. The number of nitrogens with one attached hydrogen (secondary N) is 2. The number of para-hydroxylation sites is 1. The van der Waals surface area contributed by atoms with Gasteiger partial charge in [-0.05, 0) is 12.1 Å². The number of carbonyl (C=O) groups is 1. The van der Waals surface area contributed by atoms with Crippen LogP contribution in [-0.4, -0.2) is 29.8 Å². The van der Waals surface area contributed by atoms with E-state index in [1.807, 2.05) is 30.3 Å². The van der Waals surface area contributed by atoms with Gasteiger partial charge in [0.05, 0.1) is 13.5 Å². The Labute approximate surface area is 112 Å². The van der Waals surface area contributed by atoms with Gasteiger partial charge in [-0.3, -0.25) is 9.89 Å². The molecule has 0 fully saturated rings. The molecule has 0 radical (unpaired) electrons. The first-order valence-corrected chi connectivity index (χ1v) is 6.16. The molecule has 5 nitrogen and oxygen atoms in total. The Kier molecular flexibility index (Phi) is 4.55. The average molecular weight is 259 g/mol. The lowest BCUT2D eigenvalue weighted by Crippen LogP contribution is -2.27. The highest BCUT2D eigenvalue weighted by atomic mass is 16.5. The SMILES string of the molecule is COc1ccccc1CC(=O)NCCc1ccn[nH]1. The molecule has 2 N–H and O–H groups in total. The van der Waals surface area contributed by atoms with Crippen molar-refractivity contribution in [3.05, 3.63) is 47.8 Å². The summed E-state index contributed by atoms with van der Waals surface area (Å²) in [6.45, 7) is 0.593. The molecule has 0 bridgehead atoms. The van der Waals surface area contributed by atoms with Crippen molar-refractivity contribution in [3.63, 3.8) is 0 Å². The van der Waals surface area contributed by atoms with Gasteiger partial charge < -0.3 is 10.1 Å². The lowest BCUT2D eigenvalue weighted by atomic mass is 10.1. The smallest absolute Gasteiger partial charge is 0.224 e. The Hall–Kier alpha value is -2.30. The Bertz CT molecular complexity index is 523. The van der Waals surface area contributed by atoms with Gasteiger partial charge in [-0.25, -0.2) is 0 Å². The first-order chi connectivity index (χ1) is 9.29. The van der Waals surface area contributed by atoms with Crippen LogP contribution in [0.2, 0.25) is 0 Å². The van der Waals surface area contributed by atoms with E-state index < -0.39 is 0 Å². The van der Waals surface area contributed by atoms with Gasteiger partial charge in [0.15, 0.2) is 0 Å². The molecule has 1 aromatic heterocycles. The highest BCUT2D eigenvalue weighted by Crippen LogP contribution is 2.17. The second-order valence-corrected chi connectivity index (χ2v) is 4.17. The summed E-state index contributed by atoms with van der Waals surface area (Å²) in [5.74, 6) is 0.732. The fourth-order valence-electron chi connectivity index (χ4n) is 1.84. The van der Waals surface area contributed by atoms with Gasteiger partial charge in [0.25, 0.3) is 0 Å². The maximum absolute atomic E-state index is 11.8. The number of aromatic amines is 1. The number of aromatic nitrogens is 2. The van der Waals surface area contributed by atoms with E-state index in [4.69, 9.17) is 4.74 Å². The fourth-order valence-corrected chi connectivity index (χ4v) is 1.84. The van der Waals surface area contributed by atoms with Crippen LogP contribution in [0.4, 0.5) is 0 Å². The summed E-state index contributed by atoms with van der Waals surface area (Å²) in [5, 5.41) is 9.59. The van der Waals surface area contributed by atoms with Crippen LogP contribution in [0.15, 0.2) is 36.5 Å². The number of benzene rings is 1. The van der Waals surface area contributed by atoms with Gasteiger partial charge in [-0.2, -0.15) is 5.10 Å². The number of nitrogens with zero attached hydrogens (tertiary/aromatic N) is 1. The molecule has 2 rings (SSSR count). The first kappa shape index (κ1) is 13.1. The summed E-state index contributed by atoms with van der Waals surface area (Å²) in [6, 6.07) is 9.43. The maximum atomic E-state index is 11.8. The molecule has 0 atom stereocenters. The van der Waals surface area contributed by atoms with Crippen LogP contribution < -0.4 is 10.1 Å². The molecular formula is C14H17N3O2. The molecule has 0 saturated heterocycles. The van der Waals surface area contributed by atoms with E-state index in [0.717, 1.165) is 23.4 Å². The molecule has 0 saturated carbocycles. The zero-order valence-corrected chi connectivity index (χ0v) is 10.8. The van der Waals surface area contributed by atoms with E-state index in [0.29, 0.717) is 13.0 Å².